The maximum absolute atomic E-state index is 12.5. The molecular weight excluding hydrogens is 346 g/mol. The standard InChI is InChI=1S/C21H20ClN3O/c1-14-4-2-3-5-16(14)12-25-13-18(11-23-25)24-21(26)20-10-19(20)15-6-8-17(22)9-7-15/h2-9,11,13,19-20H,10,12H2,1H3,(H,24,26). The maximum atomic E-state index is 12.5. The third kappa shape index (κ3) is 3.65. The van der Waals surface area contributed by atoms with Gasteiger partial charge in [0.25, 0.3) is 0 Å². The van der Waals surface area contributed by atoms with E-state index >= 15 is 0 Å². The molecule has 1 aliphatic carbocycles. The molecule has 132 valence electrons. The minimum Gasteiger partial charge on any atom is -0.323 e. The monoisotopic (exact) mass is 365 g/mol. The lowest BCUT2D eigenvalue weighted by Gasteiger charge is -2.05. The van der Waals surface area contributed by atoms with Gasteiger partial charge in [-0.05, 0) is 48.1 Å². The summed E-state index contributed by atoms with van der Waals surface area (Å²) in [6.07, 6.45) is 4.46. The van der Waals surface area contributed by atoms with Gasteiger partial charge in [-0.15, -0.1) is 0 Å². The van der Waals surface area contributed by atoms with E-state index in [-0.39, 0.29) is 17.7 Å². The van der Waals surface area contributed by atoms with Crippen molar-refractivity contribution in [2.75, 3.05) is 5.32 Å². The van der Waals surface area contributed by atoms with Crippen LogP contribution in [0.25, 0.3) is 0 Å². The molecule has 1 amide bonds. The molecular formula is C21H20ClN3O. The zero-order valence-electron chi connectivity index (χ0n) is 14.5. The maximum Gasteiger partial charge on any atom is 0.228 e. The number of hydrogen-bond donors (Lipinski definition) is 1. The summed E-state index contributed by atoms with van der Waals surface area (Å²) in [5.74, 6) is 0.366. The van der Waals surface area contributed by atoms with Crippen LogP contribution in [0.4, 0.5) is 5.69 Å². The van der Waals surface area contributed by atoms with Gasteiger partial charge in [-0.2, -0.15) is 5.10 Å². The normalized spacial score (nSPS) is 18.5. The first-order valence-corrected chi connectivity index (χ1v) is 9.11. The first kappa shape index (κ1) is 16.9. The molecule has 1 aliphatic rings. The SMILES string of the molecule is Cc1ccccc1Cn1cc(NC(=O)C2CC2c2ccc(Cl)cc2)cn1. The van der Waals surface area contributed by atoms with Crippen molar-refractivity contribution in [3.63, 3.8) is 0 Å². The van der Waals surface area contributed by atoms with E-state index in [1.807, 2.05) is 47.3 Å². The van der Waals surface area contributed by atoms with E-state index in [0.29, 0.717) is 6.54 Å². The van der Waals surface area contributed by atoms with E-state index in [4.69, 9.17) is 11.6 Å². The van der Waals surface area contributed by atoms with Gasteiger partial charge < -0.3 is 5.32 Å². The van der Waals surface area contributed by atoms with Crippen molar-refractivity contribution in [2.45, 2.75) is 25.8 Å². The molecule has 2 aromatic carbocycles. The molecule has 4 rings (SSSR count). The molecule has 1 heterocycles. The number of amides is 1. The molecule has 1 saturated carbocycles. The number of nitrogens with one attached hydrogen (secondary N) is 1. The van der Waals surface area contributed by atoms with Crippen molar-refractivity contribution in [3.8, 4) is 0 Å². The highest BCUT2D eigenvalue weighted by Crippen LogP contribution is 2.48. The fourth-order valence-electron chi connectivity index (χ4n) is 3.27. The van der Waals surface area contributed by atoms with Gasteiger partial charge in [-0.3, -0.25) is 9.48 Å². The lowest BCUT2D eigenvalue weighted by molar-refractivity contribution is -0.117. The molecule has 0 bridgehead atoms. The van der Waals surface area contributed by atoms with E-state index in [1.165, 1.54) is 16.7 Å². The lowest BCUT2D eigenvalue weighted by atomic mass is 10.1. The van der Waals surface area contributed by atoms with E-state index in [2.05, 4.69) is 29.5 Å². The number of carbonyl (C=O) groups excluding carboxylic acids is 1. The van der Waals surface area contributed by atoms with E-state index in [1.54, 1.807) is 6.20 Å². The lowest BCUT2D eigenvalue weighted by Crippen LogP contribution is -2.14. The molecule has 1 N–H and O–H groups in total. The predicted octanol–water partition coefficient (Wildman–Crippen LogP) is 4.64. The van der Waals surface area contributed by atoms with E-state index in [0.717, 1.165) is 17.1 Å². The molecule has 0 saturated heterocycles. The van der Waals surface area contributed by atoms with Gasteiger partial charge >= 0.3 is 0 Å². The Balaban J connectivity index is 1.36. The summed E-state index contributed by atoms with van der Waals surface area (Å²) in [6, 6.07) is 16.0. The van der Waals surface area contributed by atoms with Crippen molar-refractivity contribution in [1.29, 1.82) is 0 Å². The smallest absolute Gasteiger partial charge is 0.228 e. The largest absolute Gasteiger partial charge is 0.323 e. The summed E-state index contributed by atoms with van der Waals surface area (Å²) < 4.78 is 1.85. The highest BCUT2D eigenvalue weighted by molar-refractivity contribution is 6.30. The van der Waals surface area contributed by atoms with Gasteiger partial charge in [-0.25, -0.2) is 0 Å². The quantitative estimate of drug-likeness (QED) is 0.716. The van der Waals surface area contributed by atoms with Crippen LogP contribution in [0.2, 0.25) is 5.02 Å². The minimum atomic E-state index is 0.0240. The molecule has 5 heteroatoms. The van der Waals surface area contributed by atoms with Crippen molar-refractivity contribution in [2.24, 2.45) is 5.92 Å². The zero-order valence-corrected chi connectivity index (χ0v) is 15.3. The summed E-state index contributed by atoms with van der Waals surface area (Å²) in [4.78, 5) is 12.5. The van der Waals surface area contributed by atoms with Crippen LogP contribution in [-0.2, 0) is 11.3 Å². The summed E-state index contributed by atoms with van der Waals surface area (Å²) in [5.41, 5.74) is 4.37. The number of aryl methyl sites for hydroxylation is 1. The second-order valence-corrected chi connectivity index (χ2v) is 7.28. The van der Waals surface area contributed by atoms with Gasteiger partial charge in [0, 0.05) is 17.1 Å². The number of halogens is 1. The molecule has 1 aromatic heterocycles. The third-order valence-electron chi connectivity index (χ3n) is 4.92. The van der Waals surface area contributed by atoms with Crippen LogP contribution in [0.3, 0.4) is 0 Å². The minimum absolute atomic E-state index is 0.0240. The first-order valence-electron chi connectivity index (χ1n) is 8.73. The number of hydrogen-bond acceptors (Lipinski definition) is 2. The van der Waals surface area contributed by atoms with Crippen LogP contribution in [0, 0.1) is 12.8 Å². The molecule has 0 aliphatic heterocycles. The molecule has 2 unspecified atom stereocenters. The summed E-state index contributed by atoms with van der Waals surface area (Å²) >= 11 is 5.92. The van der Waals surface area contributed by atoms with Crippen molar-refractivity contribution in [3.05, 3.63) is 82.6 Å². The van der Waals surface area contributed by atoms with Crippen LogP contribution >= 0.6 is 11.6 Å². The number of rotatable bonds is 5. The fourth-order valence-corrected chi connectivity index (χ4v) is 3.40. The molecule has 26 heavy (non-hydrogen) atoms. The van der Waals surface area contributed by atoms with E-state index < -0.39 is 0 Å². The van der Waals surface area contributed by atoms with Gasteiger partial charge in [0.15, 0.2) is 0 Å². The number of aromatic nitrogens is 2. The predicted molar refractivity (Wildman–Crippen MR) is 103 cm³/mol. The van der Waals surface area contributed by atoms with Gasteiger partial charge in [0.1, 0.15) is 0 Å². The number of carbonyl (C=O) groups is 1. The highest BCUT2D eigenvalue weighted by atomic mass is 35.5. The van der Waals surface area contributed by atoms with Crippen LogP contribution in [0.15, 0.2) is 60.9 Å². The van der Waals surface area contributed by atoms with E-state index in [9.17, 15) is 4.79 Å². The Bertz CT molecular complexity index is 932. The number of nitrogens with zero attached hydrogens (tertiary/aromatic N) is 2. The Hall–Kier alpha value is -2.59. The number of anilines is 1. The molecule has 0 spiro atoms. The van der Waals surface area contributed by atoms with Crippen molar-refractivity contribution in [1.82, 2.24) is 9.78 Å². The average molecular weight is 366 g/mol. The van der Waals surface area contributed by atoms with Gasteiger partial charge in [0.05, 0.1) is 18.4 Å². The number of benzene rings is 2. The molecule has 3 aromatic rings. The topological polar surface area (TPSA) is 46.9 Å². The Morgan fingerprint density at radius 3 is 2.77 bits per heavy atom. The van der Waals surface area contributed by atoms with Crippen LogP contribution in [0.5, 0.6) is 0 Å². The van der Waals surface area contributed by atoms with Crippen molar-refractivity contribution >= 4 is 23.2 Å². The van der Waals surface area contributed by atoms with Crippen molar-refractivity contribution < 1.29 is 4.79 Å². The molecule has 2 atom stereocenters. The summed E-state index contributed by atoms with van der Waals surface area (Å²) in [6.45, 7) is 2.78. The Morgan fingerprint density at radius 2 is 2.00 bits per heavy atom. The molecule has 4 nitrogen and oxygen atoms in total. The first-order chi connectivity index (χ1) is 12.6. The molecule has 0 radical (unpaired) electrons. The summed E-state index contributed by atoms with van der Waals surface area (Å²) in [5, 5.41) is 8.07. The van der Waals surface area contributed by atoms with Crippen LogP contribution < -0.4 is 5.32 Å². The third-order valence-corrected chi connectivity index (χ3v) is 5.17. The fraction of sp³-hybridized carbons (Fsp3) is 0.238. The van der Waals surface area contributed by atoms with Gasteiger partial charge in [0.2, 0.25) is 5.91 Å². The Morgan fingerprint density at radius 1 is 1.23 bits per heavy atom. The van der Waals surface area contributed by atoms with Crippen LogP contribution in [0.1, 0.15) is 29.0 Å². The second kappa shape index (κ2) is 6.96. The Kier molecular flexibility index (Phi) is 4.51. The second-order valence-electron chi connectivity index (χ2n) is 6.84. The summed E-state index contributed by atoms with van der Waals surface area (Å²) in [7, 11) is 0. The molecule has 1 fully saturated rings. The van der Waals surface area contributed by atoms with Crippen LogP contribution in [-0.4, -0.2) is 15.7 Å². The van der Waals surface area contributed by atoms with Gasteiger partial charge in [-0.1, -0.05) is 48.0 Å². The highest BCUT2D eigenvalue weighted by Gasteiger charge is 2.43. The average Bonchev–Trinajstić information content (AvgIpc) is 3.32. The zero-order chi connectivity index (χ0) is 18.1. The Labute approximate surface area is 157 Å².